The van der Waals surface area contributed by atoms with Crippen molar-refractivity contribution < 1.29 is 23.4 Å². The number of carbonyl (C=O) groups is 1. The Morgan fingerprint density at radius 1 is 1.03 bits per heavy atom. The van der Waals surface area contributed by atoms with Crippen molar-refractivity contribution in [2.75, 3.05) is 13.2 Å². The van der Waals surface area contributed by atoms with Gasteiger partial charge < -0.3 is 18.6 Å². The molecule has 6 nitrogen and oxygen atoms in total. The number of halogens is 1. The zero-order valence-electron chi connectivity index (χ0n) is 19.4. The molecule has 0 fully saturated rings. The summed E-state index contributed by atoms with van der Waals surface area (Å²) < 4.78 is 23.1. The normalized spacial score (nSPS) is 12.5. The fraction of sp³-hybridized carbons (Fsp3) is 0.214. The van der Waals surface area contributed by atoms with Crippen molar-refractivity contribution in [2.24, 2.45) is 0 Å². The van der Waals surface area contributed by atoms with E-state index < -0.39 is 5.97 Å². The summed E-state index contributed by atoms with van der Waals surface area (Å²) in [5.41, 5.74) is 2.33. The number of aryl methyl sites for hydroxylation is 2. The van der Waals surface area contributed by atoms with E-state index in [9.17, 15) is 9.59 Å². The lowest BCUT2D eigenvalue weighted by molar-refractivity contribution is 0.0733. The molecule has 7 heteroatoms. The molecule has 3 aromatic carbocycles. The summed E-state index contributed by atoms with van der Waals surface area (Å²) in [5.74, 6) is 1.48. The Morgan fingerprint density at radius 3 is 2.57 bits per heavy atom. The molecule has 0 radical (unpaired) electrons. The van der Waals surface area contributed by atoms with E-state index in [1.165, 1.54) is 0 Å². The highest BCUT2D eigenvalue weighted by Gasteiger charge is 2.21. The van der Waals surface area contributed by atoms with Gasteiger partial charge in [0, 0.05) is 6.07 Å². The highest BCUT2D eigenvalue weighted by atomic mass is 35.5. The summed E-state index contributed by atoms with van der Waals surface area (Å²) in [5, 5.41) is 0.725. The van der Waals surface area contributed by atoms with Gasteiger partial charge >= 0.3 is 5.97 Å². The lowest BCUT2D eigenvalue weighted by atomic mass is 9.99. The number of hydrogen-bond donors (Lipinski definition) is 0. The summed E-state index contributed by atoms with van der Waals surface area (Å²) >= 11 is 6.17. The smallest absolute Gasteiger partial charge is 0.345 e. The molecule has 0 N–H and O–H groups in total. The molecule has 178 valence electrons. The molecular weight excluding hydrogens is 468 g/mol. The van der Waals surface area contributed by atoms with Crippen LogP contribution in [-0.4, -0.2) is 19.2 Å². The quantitative estimate of drug-likeness (QED) is 0.239. The predicted octanol–water partition coefficient (Wildman–Crippen LogP) is 6.36. The molecular formula is C28H23ClO6. The van der Waals surface area contributed by atoms with Gasteiger partial charge in [0.05, 0.1) is 21.5 Å². The van der Waals surface area contributed by atoms with Crippen LogP contribution in [0, 0.1) is 6.92 Å². The maximum atomic E-state index is 13.6. The average Bonchev–Trinajstić information content (AvgIpc) is 2.85. The Bertz CT molecular complexity index is 1500. The molecule has 0 bridgehead atoms. The van der Waals surface area contributed by atoms with Gasteiger partial charge in [-0.25, -0.2) is 4.79 Å². The van der Waals surface area contributed by atoms with E-state index in [1.54, 1.807) is 55.5 Å². The van der Waals surface area contributed by atoms with Gasteiger partial charge in [-0.1, -0.05) is 43.1 Å². The minimum absolute atomic E-state index is 0.165. The van der Waals surface area contributed by atoms with Crippen molar-refractivity contribution in [2.45, 2.75) is 26.7 Å². The second kappa shape index (κ2) is 9.47. The first kappa shape index (κ1) is 23.0. The van der Waals surface area contributed by atoms with Crippen LogP contribution in [0.15, 0.2) is 63.8 Å². The summed E-state index contributed by atoms with van der Waals surface area (Å²) in [4.78, 5) is 26.4. The molecule has 2 heterocycles. The molecule has 5 rings (SSSR count). The number of ether oxygens (including phenoxy) is 3. The van der Waals surface area contributed by atoms with Crippen LogP contribution >= 0.6 is 11.6 Å². The van der Waals surface area contributed by atoms with Crippen molar-refractivity contribution in [3.63, 3.8) is 0 Å². The molecule has 0 spiro atoms. The Morgan fingerprint density at radius 2 is 1.80 bits per heavy atom. The number of carbonyl (C=O) groups excluding carboxylic acids is 1. The molecule has 0 amide bonds. The predicted molar refractivity (Wildman–Crippen MR) is 134 cm³/mol. The van der Waals surface area contributed by atoms with E-state index in [4.69, 9.17) is 30.2 Å². The first-order valence-electron chi connectivity index (χ1n) is 11.4. The number of esters is 1. The number of fused-ring (bicyclic) bond motifs is 2. The van der Waals surface area contributed by atoms with Gasteiger partial charge in [0.2, 0.25) is 5.43 Å². The SMILES string of the molecule is CCCc1cc2c(=O)c(-c3ccc4c(c3)OCCO4)c(C)oc2cc1OC(=O)c1ccccc1Cl. The Hall–Kier alpha value is -3.77. The third kappa shape index (κ3) is 4.37. The molecule has 0 atom stereocenters. The first-order valence-corrected chi connectivity index (χ1v) is 11.8. The van der Waals surface area contributed by atoms with Crippen LogP contribution in [0.5, 0.6) is 17.2 Å². The minimum Gasteiger partial charge on any atom is -0.486 e. The lowest BCUT2D eigenvalue weighted by Crippen LogP contribution is -2.15. The van der Waals surface area contributed by atoms with Crippen molar-refractivity contribution in [1.29, 1.82) is 0 Å². The second-order valence-electron chi connectivity index (χ2n) is 8.30. The van der Waals surface area contributed by atoms with Crippen LogP contribution in [0.4, 0.5) is 0 Å². The zero-order valence-corrected chi connectivity index (χ0v) is 20.1. The van der Waals surface area contributed by atoms with Gasteiger partial charge in [0.1, 0.15) is 30.3 Å². The van der Waals surface area contributed by atoms with E-state index in [0.29, 0.717) is 69.8 Å². The monoisotopic (exact) mass is 490 g/mol. The molecule has 1 aliphatic heterocycles. The van der Waals surface area contributed by atoms with Crippen molar-refractivity contribution in [3.05, 3.63) is 86.7 Å². The lowest BCUT2D eigenvalue weighted by Gasteiger charge is -2.19. The highest BCUT2D eigenvalue weighted by molar-refractivity contribution is 6.33. The topological polar surface area (TPSA) is 75.0 Å². The number of rotatable bonds is 5. The van der Waals surface area contributed by atoms with Gasteiger partial charge in [-0.05, 0) is 54.8 Å². The van der Waals surface area contributed by atoms with Crippen LogP contribution in [-0.2, 0) is 6.42 Å². The summed E-state index contributed by atoms with van der Waals surface area (Å²) in [6.45, 7) is 4.70. The van der Waals surface area contributed by atoms with Gasteiger partial charge in [0.25, 0.3) is 0 Å². The molecule has 4 aromatic rings. The van der Waals surface area contributed by atoms with Gasteiger partial charge in [-0.2, -0.15) is 0 Å². The molecule has 0 saturated carbocycles. The Balaban J connectivity index is 1.60. The Labute approximate surface area is 207 Å². The summed E-state index contributed by atoms with van der Waals surface area (Å²) in [6.07, 6.45) is 1.42. The molecule has 0 unspecified atom stereocenters. The number of benzene rings is 3. The van der Waals surface area contributed by atoms with Gasteiger partial charge in [-0.15, -0.1) is 0 Å². The summed E-state index contributed by atoms with van der Waals surface area (Å²) in [6, 6.07) is 15.5. The van der Waals surface area contributed by atoms with E-state index >= 15 is 0 Å². The average molecular weight is 491 g/mol. The molecule has 35 heavy (non-hydrogen) atoms. The summed E-state index contributed by atoms with van der Waals surface area (Å²) in [7, 11) is 0. The van der Waals surface area contributed by atoms with Crippen LogP contribution in [0.2, 0.25) is 5.02 Å². The maximum Gasteiger partial charge on any atom is 0.345 e. The first-order chi connectivity index (χ1) is 17.0. The third-order valence-corrected chi connectivity index (χ3v) is 6.23. The molecule has 0 saturated heterocycles. The largest absolute Gasteiger partial charge is 0.486 e. The van der Waals surface area contributed by atoms with Gasteiger partial charge in [0.15, 0.2) is 11.5 Å². The Kier molecular flexibility index (Phi) is 6.22. The van der Waals surface area contributed by atoms with Crippen LogP contribution < -0.4 is 19.6 Å². The van der Waals surface area contributed by atoms with Crippen molar-refractivity contribution >= 4 is 28.5 Å². The minimum atomic E-state index is -0.570. The van der Waals surface area contributed by atoms with Crippen LogP contribution in [0.25, 0.3) is 22.1 Å². The molecule has 1 aliphatic rings. The number of hydrogen-bond acceptors (Lipinski definition) is 6. The van der Waals surface area contributed by atoms with E-state index in [2.05, 4.69) is 0 Å². The highest BCUT2D eigenvalue weighted by Crippen LogP contribution is 2.36. The third-order valence-electron chi connectivity index (χ3n) is 5.90. The second-order valence-corrected chi connectivity index (χ2v) is 8.70. The van der Waals surface area contributed by atoms with E-state index in [1.807, 2.05) is 13.0 Å². The van der Waals surface area contributed by atoms with Crippen molar-refractivity contribution in [3.8, 4) is 28.4 Å². The standard InChI is InChI=1S/C28H23ClO6/c1-3-6-17-13-20-24(15-23(17)35-28(31)19-7-4-5-8-21(19)29)34-16(2)26(27(20)30)18-9-10-22-25(14-18)33-12-11-32-22/h4-5,7-10,13-15H,3,6,11-12H2,1-2H3. The van der Waals surface area contributed by atoms with E-state index in [-0.39, 0.29) is 11.0 Å². The van der Waals surface area contributed by atoms with Crippen LogP contribution in [0.3, 0.4) is 0 Å². The fourth-order valence-corrected chi connectivity index (χ4v) is 4.47. The zero-order chi connectivity index (χ0) is 24.5. The van der Waals surface area contributed by atoms with E-state index in [0.717, 1.165) is 12.0 Å². The van der Waals surface area contributed by atoms with Crippen molar-refractivity contribution in [1.82, 2.24) is 0 Å². The molecule has 1 aromatic heterocycles. The maximum absolute atomic E-state index is 13.6. The van der Waals surface area contributed by atoms with Crippen LogP contribution in [0.1, 0.15) is 35.0 Å². The van der Waals surface area contributed by atoms with Gasteiger partial charge in [-0.3, -0.25) is 4.79 Å². The molecule has 0 aliphatic carbocycles. The fourth-order valence-electron chi connectivity index (χ4n) is 4.25.